The van der Waals surface area contributed by atoms with Gasteiger partial charge in [-0.25, -0.2) is 4.79 Å². The summed E-state index contributed by atoms with van der Waals surface area (Å²) in [5.74, 6) is -3.60. The molecular formula is C18H15F3N2O6. The van der Waals surface area contributed by atoms with Crippen LogP contribution in [0.4, 0.5) is 24.5 Å². The average Bonchev–Trinajstić information content (AvgIpc) is 2.60. The number of aryl methyl sites for hydroxylation is 2. The third kappa shape index (κ3) is 5.00. The topological polar surface area (TPSA) is 119 Å². The van der Waals surface area contributed by atoms with Crippen LogP contribution in [0.3, 0.4) is 0 Å². The number of nitrogens with one attached hydrogen (secondary N) is 1. The molecule has 1 amide bonds. The number of aromatic carboxylic acids is 1. The molecule has 0 aliphatic rings. The molecule has 0 radical (unpaired) electrons. The number of nitro groups is 1. The summed E-state index contributed by atoms with van der Waals surface area (Å²) in [7, 11) is 0. The molecule has 0 unspecified atom stereocenters. The summed E-state index contributed by atoms with van der Waals surface area (Å²) in [5, 5.41) is 22.0. The Hall–Kier alpha value is -3.63. The fourth-order valence-corrected chi connectivity index (χ4v) is 2.56. The van der Waals surface area contributed by atoms with E-state index in [0.717, 1.165) is 6.07 Å². The van der Waals surface area contributed by atoms with E-state index in [4.69, 9.17) is 4.74 Å². The van der Waals surface area contributed by atoms with Crippen molar-refractivity contribution < 1.29 is 37.5 Å². The number of carbonyl (C=O) groups is 2. The second-order valence-electron chi connectivity index (χ2n) is 6.04. The number of rotatable bonds is 6. The zero-order valence-corrected chi connectivity index (χ0v) is 15.2. The van der Waals surface area contributed by atoms with E-state index in [0.29, 0.717) is 11.1 Å². The largest absolute Gasteiger partial charge is 0.489 e. The van der Waals surface area contributed by atoms with Gasteiger partial charge in [-0.15, -0.1) is 0 Å². The number of carbonyl (C=O) groups excluding carboxylic acids is 1. The highest BCUT2D eigenvalue weighted by atomic mass is 19.4. The summed E-state index contributed by atoms with van der Waals surface area (Å²) in [6, 6.07) is 6.65. The Morgan fingerprint density at radius 1 is 1.21 bits per heavy atom. The fourth-order valence-electron chi connectivity index (χ4n) is 2.56. The Bertz CT molecular complexity index is 988. The molecule has 29 heavy (non-hydrogen) atoms. The minimum absolute atomic E-state index is 0.00900. The zero-order chi connectivity index (χ0) is 21.9. The maximum Gasteiger partial charge on any atom is 0.471 e. The molecule has 0 fully saturated rings. The molecule has 11 heteroatoms. The van der Waals surface area contributed by atoms with Gasteiger partial charge in [0.25, 0.3) is 5.69 Å². The van der Waals surface area contributed by atoms with E-state index in [-0.39, 0.29) is 23.5 Å². The minimum Gasteiger partial charge on any atom is -0.489 e. The van der Waals surface area contributed by atoms with Gasteiger partial charge < -0.3 is 15.2 Å². The summed E-state index contributed by atoms with van der Waals surface area (Å²) >= 11 is 0. The van der Waals surface area contributed by atoms with E-state index >= 15 is 0 Å². The second kappa shape index (κ2) is 8.17. The summed E-state index contributed by atoms with van der Waals surface area (Å²) in [6.45, 7) is 2.69. The lowest BCUT2D eigenvalue weighted by Gasteiger charge is -2.14. The van der Waals surface area contributed by atoms with Crippen molar-refractivity contribution in [2.45, 2.75) is 26.6 Å². The number of amides is 1. The van der Waals surface area contributed by atoms with Gasteiger partial charge in [-0.1, -0.05) is 12.1 Å². The molecule has 2 N–H and O–H groups in total. The van der Waals surface area contributed by atoms with Crippen LogP contribution in [0.25, 0.3) is 0 Å². The Morgan fingerprint density at radius 2 is 1.86 bits per heavy atom. The lowest BCUT2D eigenvalue weighted by Crippen LogP contribution is -2.30. The van der Waals surface area contributed by atoms with Crippen molar-refractivity contribution in [3.8, 4) is 5.75 Å². The van der Waals surface area contributed by atoms with Gasteiger partial charge in [0.1, 0.15) is 18.0 Å². The average molecular weight is 412 g/mol. The number of nitro benzene ring substituents is 1. The molecule has 0 saturated carbocycles. The van der Waals surface area contributed by atoms with E-state index in [2.05, 4.69) is 0 Å². The first-order valence-corrected chi connectivity index (χ1v) is 8.03. The van der Waals surface area contributed by atoms with Crippen molar-refractivity contribution >= 4 is 23.3 Å². The molecular weight excluding hydrogens is 397 g/mol. The van der Waals surface area contributed by atoms with Gasteiger partial charge in [0, 0.05) is 5.56 Å². The lowest BCUT2D eigenvalue weighted by molar-refractivity contribution is -0.384. The van der Waals surface area contributed by atoms with Gasteiger partial charge in [-0.3, -0.25) is 14.9 Å². The first-order valence-electron chi connectivity index (χ1n) is 8.03. The quantitative estimate of drug-likeness (QED) is 0.547. The molecule has 154 valence electrons. The van der Waals surface area contributed by atoms with Crippen LogP contribution in [0.2, 0.25) is 0 Å². The number of halogens is 3. The van der Waals surface area contributed by atoms with E-state index in [1.165, 1.54) is 24.4 Å². The van der Waals surface area contributed by atoms with E-state index in [1.54, 1.807) is 19.1 Å². The van der Waals surface area contributed by atoms with Crippen molar-refractivity contribution in [3.05, 3.63) is 62.7 Å². The van der Waals surface area contributed by atoms with Gasteiger partial charge in [0.2, 0.25) is 0 Å². The van der Waals surface area contributed by atoms with Gasteiger partial charge in [0.05, 0.1) is 16.6 Å². The summed E-state index contributed by atoms with van der Waals surface area (Å²) in [6.07, 6.45) is -5.21. The number of hydrogen-bond donors (Lipinski definition) is 2. The summed E-state index contributed by atoms with van der Waals surface area (Å²) in [5.41, 5.74) is -0.479. The summed E-state index contributed by atoms with van der Waals surface area (Å²) < 4.78 is 42.9. The number of alkyl halides is 3. The monoisotopic (exact) mass is 412 g/mol. The van der Waals surface area contributed by atoms with Gasteiger partial charge in [-0.2, -0.15) is 13.2 Å². The van der Waals surface area contributed by atoms with E-state index < -0.39 is 34.4 Å². The third-order valence-corrected chi connectivity index (χ3v) is 4.00. The van der Waals surface area contributed by atoms with Crippen LogP contribution < -0.4 is 10.1 Å². The summed E-state index contributed by atoms with van der Waals surface area (Å²) in [4.78, 5) is 32.8. The molecule has 0 atom stereocenters. The predicted octanol–water partition coefficient (Wildman–Crippen LogP) is 3.99. The Kier molecular flexibility index (Phi) is 6.10. The highest BCUT2D eigenvalue weighted by Gasteiger charge is 2.40. The molecule has 0 aliphatic heterocycles. The molecule has 0 aliphatic carbocycles. The Balaban J connectivity index is 2.36. The normalized spacial score (nSPS) is 11.1. The van der Waals surface area contributed by atoms with Crippen LogP contribution in [-0.2, 0) is 11.4 Å². The van der Waals surface area contributed by atoms with Crippen LogP contribution in [0.5, 0.6) is 5.75 Å². The molecule has 0 aromatic heterocycles. The van der Waals surface area contributed by atoms with Gasteiger partial charge in [0.15, 0.2) is 0 Å². The van der Waals surface area contributed by atoms with Gasteiger partial charge >= 0.3 is 18.1 Å². The van der Waals surface area contributed by atoms with Crippen molar-refractivity contribution in [1.82, 2.24) is 0 Å². The standard InChI is InChI=1S/C18H15F3N2O6/c1-9-4-3-5-12(16(24)25)13(9)8-29-11-6-10(2)15(14(7-11)23(27)28)22-17(26)18(19,20)21/h3-7H,8H2,1-2H3,(H,22,26)(H,24,25). The molecule has 8 nitrogen and oxygen atoms in total. The molecule has 0 bridgehead atoms. The molecule has 0 spiro atoms. The smallest absolute Gasteiger partial charge is 0.471 e. The number of carboxylic acids is 1. The molecule has 2 aromatic rings. The van der Waals surface area contributed by atoms with Crippen LogP contribution in [-0.4, -0.2) is 28.1 Å². The molecule has 0 saturated heterocycles. The third-order valence-electron chi connectivity index (χ3n) is 4.00. The van der Waals surface area contributed by atoms with Crippen molar-refractivity contribution in [2.24, 2.45) is 0 Å². The number of ether oxygens (including phenoxy) is 1. The van der Waals surface area contributed by atoms with Crippen LogP contribution >= 0.6 is 0 Å². The highest BCUT2D eigenvalue weighted by molar-refractivity contribution is 5.97. The Morgan fingerprint density at radius 3 is 2.41 bits per heavy atom. The van der Waals surface area contributed by atoms with E-state index in [9.17, 15) is 38.0 Å². The van der Waals surface area contributed by atoms with Crippen LogP contribution in [0, 0.1) is 24.0 Å². The first kappa shape index (κ1) is 21.7. The predicted molar refractivity (Wildman–Crippen MR) is 95.0 cm³/mol. The van der Waals surface area contributed by atoms with Crippen molar-refractivity contribution in [2.75, 3.05) is 5.32 Å². The molecule has 2 rings (SSSR count). The van der Waals surface area contributed by atoms with Crippen LogP contribution in [0.1, 0.15) is 27.0 Å². The van der Waals surface area contributed by atoms with Crippen LogP contribution in [0.15, 0.2) is 30.3 Å². The molecule has 2 aromatic carbocycles. The second-order valence-corrected chi connectivity index (χ2v) is 6.04. The molecule has 0 heterocycles. The zero-order valence-electron chi connectivity index (χ0n) is 15.2. The maximum atomic E-state index is 12.5. The number of carboxylic acid groups (broad SMARTS) is 1. The van der Waals surface area contributed by atoms with Crippen molar-refractivity contribution in [1.29, 1.82) is 0 Å². The SMILES string of the molecule is Cc1cccc(C(=O)O)c1COc1cc(C)c(NC(=O)C(F)(F)F)c([N+](=O)[O-])c1. The van der Waals surface area contributed by atoms with Gasteiger partial charge in [-0.05, 0) is 37.1 Å². The van der Waals surface area contributed by atoms with Crippen molar-refractivity contribution in [3.63, 3.8) is 0 Å². The highest BCUT2D eigenvalue weighted by Crippen LogP contribution is 2.34. The number of nitrogens with zero attached hydrogens (tertiary/aromatic N) is 1. The lowest BCUT2D eigenvalue weighted by atomic mass is 10.0. The first-order chi connectivity index (χ1) is 13.4. The van der Waals surface area contributed by atoms with E-state index in [1.807, 2.05) is 0 Å². The maximum absolute atomic E-state index is 12.5. The number of hydrogen-bond acceptors (Lipinski definition) is 5. The number of benzene rings is 2. The minimum atomic E-state index is -5.21. The number of anilines is 1. The Labute approximate surface area is 162 Å². The fraction of sp³-hybridized carbons (Fsp3) is 0.222.